The van der Waals surface area contributed by atoms with Gasteiger partial charge in [-0.2, -0.15) is 0 Å². The zero-order chi connectivity index (χ0) is 35.5. The average Bonchev–Trinajstić information content (AvgIpc) is 3.04. The van der Waals surface area contributed by atoms with Gasteiger partial charge in [0.05, 0.1) is 5.56 Å². The second kappa shape index (κ2) is 12.4. The van der Waals surface area contributed by atoms with Gasteiger partial charge in [0.15, 0.2) is 11.4 Å². The first-order chi connectivity index (χ1) is 23.2. The lowest BCUT2D eigenvalue weighted by molar-refractivity contribution is -0.184. The number of rotatable bonds is 9. The topological polar surface area (TPSA) is 110 Å². The van der Waals surface area contributed by atoms with Gasteiger partial charge in [0.25, 0.3) is 0 Å². The molecular formula is C42H46O7. The summed E-state index contributed by atoms with van der Waals surface area (Å²) in [4.78, 5) is 42.8. The van der Waals surface area contributed by atoms with E-state index in [-0.39, 0.29) is 54.1 Å². The van der Waals surface area contributed by atoms with Gasteiger partial charge in [0.1, 0.15) is 36.1 Å². The van der Waals surface area contributed by atoms with Crippen molar-refractivity contribution in [3.63, 3.8) is 0 Å². The SMILES string of the molecule is CC(=O)C1=C(OCc2ccccc2)C(C(C)C)[C@@]2(C)C[C@@]3(C)Cc4c(C(C)C)ccc(OCc5ccccc5)c4C(O)=C3C(=O)[C@@]2(O)C1=O. The minimum Gasteiger partial charge on any atom is -0.507 e. The number of Topliss-reactive ketones (excluding diaryl/α,β-unsaturated/α-hetero) is 3. The maximum atomic E-state index is 15.0. The Morgan fingerprint density at radius 1 is 0.857 bits per heavy atom. The summed E-state index contributed by atoms with van der Waals surface area (Å²) in [6.45, 7) is 13.4. The Hall–Kier alpha value is -4.49. The molecule has 3 aromatic rings. The van der Waals surface area contributed by atoms with Crippen molar-refractivity contribution < 1.29 is 34.1 Å². The molecule has 0 saturated heterocycles. The van der Waals surface area contributed by atoms with Crippen LogP contribution in [0.1, 0.15) is 88.6 Å². The summed E-state index contributed by atoms with van der Waals surface area (Å²) >= 11 is 0. The number of carbonyl (C=O) groups excluding carboxylic acids is 3. The maximum Gasteiger partial charge on any atom is 0.209 e. The highest BCUT2D eigenvalue weighted by Crippen LogP contribution is 2.65. The largest absolute Gasteiger partial charge is 0.507 e. The molecule has 0 radical (unpaired) electrons. The molecule has 7 heteroatoms. The molecule has 1 unspecified atom stereocenters. The molecule has 0 aliphatic heterocycles. The molecule has 6 rings (SSSR count). The molecule has 256 valence electrons. The summed E-state index contributed by atoms with van der Waals surface area (Å²) in [6.07, 6.45) is 0.573. The van der Waals surface area contributed by atoms with Gasteiger partial charge in [0.2, 0.25) is 11.6 Å². The van der Waals surface area contributed by atoms with E-state index in [1.165, 1.54) is 6.92 Å². The Bertz CT molecular complexity index is 1890. The molecule has 1 saturated carbocycles. The van der Waals surface area contributed by atoms with Crippen molar-refractivity contribution in [2.45, 2.75) is 86.0 Å². The molecule has 49 heavy (non-hydrogen) atoms. The number of benzene rings is 3. The Morgan fingerprint density at radius 3 is 1.96 bits per heavy atom. The number of ketones is 3. The maximum absolute atomic E-state index is 15.0. The number of ether oxygens (including phenoxy) is 2. The molecule has 7 nitrogen and oxygen atoms in total. The van der Waals surface area contributed by atoms with Crippen LogP contribution in [0.2, 0.25) is 0 Å². The standard InChI is InChI=1S/C42H46O7/c1-24(2)29-18-19-31(48-21-27-14-10-8-11-15-27)33-30(29)20-40(6)23-41(7)34(25(3)4)37(49-22-28-16-12-9-13-17-28)32(26(5)43)38(45)42(41,47)39(46)35(40)36(33)44/h8-19,24-25,34,44,47H,20-23H2,1-7H3/t34?,40-,41-,42+/m1/s1. The molecule has 4 atom stereocenters. The van der Waals surface area contributed by atoms with Crippen LogP contribution in [-0.4, -0.2) is 33.2 Å². The van der Waals surface area contributed by atoms with Crippen LogP contribution in [0, 0.1) is 22.7 Å². The number of fused-ring (bicyclic) bond motifs is 3. The summed E-state index contributed by atoms with van der Waals surface area (Å²) in [5.41, 5.74) is -1.11. The lowest BCUT2D eigenvalue weighted by atomic mass is 9.43. The highest BCUT2D eigenvalue weighted by Gasteiger charge is 2.73. The van der Waals surface area contributed by atoms with Crippen molar-refractivity contribution in [3.8, 4) is 5.75 Å². The van der Waals surface area contributed by atoms with E-state index in [9.17, 15) is 24.6 Å². The number of hydrogen-bond acceptors (Lipinski definition) is 7. The third-order valence-corrected chi connectivity index (χ3v) is 11.0. The molecule has 3 aromatic carbocycles. The highest BCUT2D eigenvalue weighted by atomic mass is 16.5. The van der Waals surface area contributed by atoms with E-state index in [0.717, 1.165) is 22.3 Å². The molecule has 0 bridgehead atoms. The molecule has 1 fully saturated rings. The van der Waals surface area contributed by atoms with Gasteiger partial charge in [-0.25, -0.2) is 0 Å². The minimum absolute atomic E-state index is 0.00199. The summed E-state index contributed by atoms with van der Waals surface area (Å²) in [5.74, 6) is -2.85. The van der Waals surface area contributed by atoms with Gasteiger partial charge in [0, 0.05) is 22.3 Å². The van der Waals surface area contributed by atoms with Crippen molar-refractivity contribution in [1.82, 2.24) is 0 Å². The van der Waals surface area contributed by atoms with E-state index >= 15 is 0 Å². The first kappa shape index (κ1) is 34.4. The van der Waals surface area contributed by atoms with E-state index < -0.39 is 39.7 Å². The van der Waals surface area contributed by atoms with E-state index in [1.807, 2.05) is 93.6 Å². The molecule has 3 aliphatic carbocycles. The Morgan fingerprint density at radius 2 is 1.43 bits per heavy atom. The number of allylic oxidation sites excluding steroid dienone is 1. The van der Waals surface area contributed by atoms with Crippen molar-refractivity contribution in [2.75, 3.05) is 0 Å². The van der Waals surface area contributed by atoms with Crippen LogP contribution in [0.3, 0.4) is 0 Å². The average molecular weight is 663 g/mol. The molecular weight excluding hydrogens is 616 g/mol. The first-order valence-electron chi connectivity index (χ1n) is 17.2. The third-order valence-electron chi connectivity index (χ3n) is 11.0. The first-order valence-corrected chi connectivity index (χ1v) is 17.2. The summed E-state index contributed by atoms with van der Waals surface area (Å²) in [6, 6.07) is 23.0. The lowest BCUT2D eigenvalue weighted by Gasteiger charge is -2.60. The van der Waals surface area contributed by atoms with Crippen LogP contribution in [0.5, 0.6) is 5.75 Å². The Kier molecular flexibility index (Phi) is 8.73. The number of hydrogen-bond donors (Lipinski definition) is 2. The van der Waals surface area contributed by atoms with Gasteiger partial charge in [-0.1, -0.05) is 108 Å². The fraction of sp³-hybridized carbons (Fsp3) is 0.405. The van der Waals surface area contributed by atoms with E-state index in [4.69, 9.17) is 9.47 Å². The van der Waals surface area contributed by atoms with Crippen molar-refractivity contribution in [1.29, 1.82) is 0 Å². The van der Waals surface area contributed by atoms with Crippen molar-refractivity contribution >= 4 is 23.1 Å². The molecule has 0 heterocycles. The predicted molar refractivity (Wildman–Crippen MR) is 188 cm³/mol. The highest BCUT2D eigenvalue weighted by molar-refractivity contribution is 6.33. The van der Waals surface area contributed by atoms with Crippen molar-refractivity contribution in [2.24, 2.45) is 22.7 Å². The molecule has 0 spiro atoms. The summed E-state index contributed by atoms with van der Waals surface area (Å²) in [7, 11) is 0. The van der Waals surface area contributed by atoms with E-state index in [0.29, 0.717) is 17.7 Å². The Labute approximate surface area is 288 Å². The normalized spacial score (nSPS) is 26.4. The molecule has 0 amide bonds. The fourth-order valence-corrected chi connectivity index (χ4v) is 8.99. The minimum atomic E-state index is -2.61. The Balaban J connectivity index is 1.53. The van der Waals surface area contributed by atoms with Crippen molar-refractivity contribution in [3.05, 3.63) is 118 Å². The number of carbonyl (C=O) groups is 3. The molecule has 2 N–H and O–H groups in total. The molecule has 0 aromatic heterocycles. The van der Waals surface area contributed by atoms with Crippen LogP contribution in [-0.2, 0) is 38.8 Å². The number of aliphatic hydroxyl groups is 2. The van der Waals surface area contributed by atoms with Gasteiger partial charge >= 0.3 is 0 Å². The van der Waals surface area contributed by atoms with E-state index in [2.05, 4.69) is 13.8 Å². The van der Waals surface area contributed by atoms with Gasteiger partial charge in [-0.3, -0.25) is 14.4 Å². The monoisotopic (exact) mass is 662 g/mol. The van der Waals surface area contributed by atoms with Gasteiger partial charge < -0.3 is 19.7 Å². The zero-order valence-electron chi connectivity index (χ0n) is 29.4. The van der Waals surface area contributed by atoms with Crippen LogP contribution in [0.4, 0.5) is 0 Å². The lowest BCUT2D eigenvalue weighted by Crippen LogP contribution is -2.71. The zero-order valence-corrected chi connectivity index (χ0v) is 29.4. The summed E-state index contributed by atoms with van der Waals surface area (Å²) in [5, 5.41) is 24.9. The molecule has 3 aliphatic rings. The quantitative estimate of drug-likeness (QED) is 0.177. The van der Waals surface area contributed by atoms with Crippen LogP contribution in [0.15, 0.2) is 89.7 Å². The van der Waals surface area contributed by atoms with Crippen LogP contribution >= 0.6 is 0 Å². The second-order valence-corrected chi connectivity index (χ2v) is 15.2. The third kappa shape index (κ3) is 5.34. The second-order valence-electron chi connectivity index (χ2n) is 15.2. The van der Waals surface area contributed by atoms with Crippen LogP contribution in [0.25, 0.3) is 5.76 Å². The van der Waals surface area contributed by atoms with Crippen LogP contribution < -0.4 is 4.74 Å². The smallest absolute Gasteiger partial charge is 0.209 e. The van der Waals surface area contributed by atoms with Gasteiger partial charge in [-0.15, -0.1) is 0 Å². The fourth-order valence-electron chi connectivity index (χ4n) is 8.99. The number of aliphatic hydroxyl groups excluding tert-OH is 1. The summed E-state index contributed by atoms with van der Waals surface area (Å²) < 4.78 is 12.7. The van der Waals surface area contributed by atoms with Gasteiger partial charge in [-0.05, 0) is 59.9 Å². The van der Waals surface area contributed by atoms with E-state index in [1.54, 1.807) is 6.92 Å². The predicted octanol–water partition coefficient (Wildman–Crippen LogP) is 7.85.